The maximum absolute atomic E-state index is 12.5. The monoisotopic (exact) mass is 342 g/mol. The molecule has 2 atom stereocenters. The van der Waals surface area contributed by atoms with Crippen molar-refractivity contribution in [2.75, 3.05) is 0 Å². The van der Waals surface area contributed by atoms with E-state index in [-0.39, 0.29) is 11.4 Å². The predicted octanol–water partition coefficient (Wildman–Crippen LogP) is 5.56. The number of unbranched alkanes of at least 4 members (excludes halogenated alkanes) is 8. The first-order valence-electron chi connectivity index (χ1n) is 10.1. The molecule has 0 aromatic rings. The Bertz CT molecular complexity index is 293. The van der Waals surface area contributed by atoms with Crippen molar-refractivity contribution < 1.29 is 9.22 Å². The minimum absolute atomic E-state index is 0.0695. The highest BCUT2D eigenvalue weighted by atomic mass is 28.2. The van der Waals surface area contributed by atoms with E-state index in [1.165, 1.54) is 70.6 Å². The van der Waals surface area contributed by atoms with Gasteiger partial charge in [0.2, 0.25) is 10.5 Å². The summed E-state index contributed by atoms with van der Waals surface area (Å²) in [6.45, 7) is 8.92. The van der Waals surface area contributed by atoms with Gasteiger partial charge in [0.15, 0.2) is 0 Å². The number of carbonyl (C=O) groups excluding carboxylic acids is 1. The molecular weight excluding hydrogens is 300 g/mol. The van der Waals surface area contributed by atoms with Crippen molar-refractivity contribution in [2.24, 2.45) is 11.3 Å². The SMILES string of the molecule is CCCCCCCC(CC)C(C)(CCCCCCC)C(=O)O[SiH3]. The molecule has 2 unspecified atom stereocenters. The van der Waals surface area contributed by atoms with E-state index in [1.807, 2.05) is 0 Å². The van der Waals surface area contributed by atoms with Gasteiger partial charge in [0.25, 0.3) is 5.97 Å². The van der Waals surface area contributed by atoms with E-state index < -0.39 is 0 Å². The first-order valence-corrected chi connectivity index (χ1v) is 11.0. The Labute approximate surface area is 148 Å². The molecule has 0 spiro atoms. The second kappa shape index (κ2) is 14.1. The second-order valence-corrected chi connectivity index (χ2v) is 7.79. The lowest BCUT2D eigenvalue weighted by molar-refractivity contribution is -0.149. The fourth-order valence-electron chi connectivity index (χ4n) is 3.77. The third-order valence-corrected chi connectivity index (χ3v) is 5.87. The fourth-order valence-corrected chi connectivity index (χ4v) is 4.24. The van der Waals surface area contributed by atoms with Gasteiger partial charge >= 0.3 is 0 Å². The van der Waals surface area contributed by atoms with Gasteiger partial charge in [0, 0.05) is 0 Å². The van der Waals surface area contributed by atoms with Crippen molar-refractivity contribution in [3.8, 4) is 0 Å². The molecule has 0 heterocycles. The molecule has 0 rings (SSSR count). The lowest BCUT2D eigenvalue weighted by Gasteiger charge is -2.35. The van der Waals surface area contributed by atoms with Crippen LogP contribution >= 0.6 is 0 Å². The highest BCUT2D eigenvalue weighted by Gasteiger charge is 2.40. The lowest BCUT2D eigenvalue weighted by atomic mass is 9.70. The van der Waals surface area contributed by atoms with Gasteiger partial charge < -0.3 is 4.43 Å². The zero-order chi connectivity index (χ0) is 17.6. The van der Waals surface area contributed by atoms with Crippen LogP contribution in [0.15, 0.2) is 0 Å². The van der Waals surface area contributed by atoms with Crippen molar-refractivity contribution in [2.45, 2.75) is 111 Å². The molecule has 0 N–H and O–H groups in total. The summed E-state index contributed by atoms with van der Waals surface area (Å²) in [5, 5.41) is 0. The van der Waals surface area contributed by atoms with Gasteiger partial charge in [-0.25, -0.2) is 0 Å². The molecule has 0 bridgehead atoms. The predicted molar refractivity (Wildman–Crippen MR) is 105 cm³/mol. The molecule has 0 amide bonds. The molecule has 2 nitrogen and oxygen atoms in total. The van der Waals surface area contributed by atoms with Gasteiger partial charge in [-0.1, -0.05) is 91.4 Å². The van der Waals surface area contributed by atoms with Gasteiger partial charge in [-0.3, -0.25) is 4.79 Å². The summed E-state index contributed by atoms with van der Waals surface area (Å²) in [5.41, 5.74) is -0.256. The number of hydrogen-bond acceptors (Lipinski definition) is 2. The summed E-state index contributed by atoms with van der Waals surface area (Å²) in [6, 6.07) is 0. The second-order valence-electron chi connectivity index (χ2n) is 7.38. The zero-order valence-corrected chi connectivity index (χ0v) is 18.6. The van der Waals surface area contributed by atoms with Crippen molar-refractivity contribution in [1.29, 1.82) is 0 Å². The highest BCUT2D eigenvalue weighted by molar-refractivity contribution is 6.06. The van der Waals surface area contributed by atoms with E-state index in [4.69, 9.17) is 4.43 Å². The Morgan fingerprint density at radius 1 is 0.913 bits per heavy atom. The maximum Gasteiger partial charge on any atom is 0.298 e. The quantitative estimate of drug-likeness (QED) is 0.287. The molecule has 23 heavy (non-hydrogen) atoms. The minimum Gasteiger partial charge on any atom is -0.528 e. The first-order chi connectivity index (χ1) is 11.1. The van der Waals surface area contributed by atoms with Gasteiger partial charge in [-0.15, -0.1) is 0 Å². The summed E-state index contributed by atoms with van der Waals surface area (Å²) < 4.78 is 5.32. The molecule has 0 fully saturated rings. The number of hydrogen-bond donors (Lipinski definition) is 0. The van der Waals surface area contributed by atoms with Crippen LogP contribution in [0.25, 0.3) is 0 Å². The molecule has 0 aliphatic heterocycles. The van der Waals surface area contributed by atoms with Crippen LogP contribution in [0.4, 0.5) is 0 Å². The lowest BCUT2D eigenvalue weighted by Crippen LogP contribution is -2.37. The molecule has 138 valence electrons. The summed E-state index contributed by atoms with van der Waals surface area (Å²) in [5.74, 6) is 0.553. The Hall–Kier alpha value is -0.313. The van der Waals surface area contributed by atoms with Crippen LogP contribution in [-0.2, 0) is 9.22 Å². The van der Waals surface area contributed by atoms with E-state index in [9.17, 15) is 4.79 Å². The minimum atomic E-state index is -0.256. The van der Waals surface area contributed by atoms with Crippen LogP contribution in [0.1, 0.15) is 111 Å². The van der Waals surface area contributed by atoms with Crippen LogP contribution < -0.4 is 0 Å². The molecular formula is C20H42O2Si. The Kier molecular flexibility index (Phi) is 13.9. The van der Waals surface area contributed by atoms with E-state index in [0.717, 1.165) is 12.8 Å². The fraction of sp³-hybridized carbons (Fsp3) is 0.950. The van der Waals surface area contributed by atoms with E-state index >= 15 is 0 Å². The Morgan fingerprint density at radius 2 is 1.43 bits per heavy atom. The molecule has 3 heteroatoms. The van der Waals surface area contributed by atoms with Gasteiger partial charge in [0.1, 0.15) is 0 Å². The average Bonchev–Trinajstić information content (AvgIpc) is 2.56. The van der Waals surface area contributed by atoms with Gasteiger partial charge in [-0.05, 0) is 25.7 Å². The summed E-state index contributed by atoms with van der Waals surface area (Å²) in [7, 11) is 0.519. The molecule has 0 aromatic carbocycles. The number of carbonyl (C=O) groups is 1. The first kappa shape index (κ1) is 22.7. The summed E-state index contributed by atoms with van der Waals surface area (Å²) >= 11 is 0. The van der Waals surface area contributed by atoms with E-state index in [2.05, 4.69) is 27.7 Å². The van der Waals surface area contributed by atoms with E-state index in [0.29, 0.717) is 16.4 Å². The maximum atomic E-state index is 12.5. The Morgan fingerprint density at radius 3 is 1.91 bits per heavy atom. The molecule has 0 saturated carbocycles. The molecule has 0 saturated heterocycles. The molecule has 0 aromatic heterocycles. The van der Waals surface area contributed by atoms with Crippen molar-refractivity contribution in [1.82, 2.24) is 0 Å². The zero-order valence-electron chi connectivity index (χ0n) is 16.6. The topological polar surface area (TPSA) is 26.3 Å². The normalized spacial score (nSPS) is 15.3. The summed E-state index contributed by atoms with van der Waals surface area (Å²) in [6.07, 6.45) is 16.1. The third-order valence-electron chi connectivity index (χ3n) is 5.50. The standard InChI is InChI=1S/C20H42O2Si/c1-5-8-10-12-14-16-18(7-3)20(4,19(21)22-23)17-15-13-11-9-6-2/h18H,5-17H2,1-4,23H3. The number of rotatable bonds is 15. The Balaban J connectivity index is 4.51. The van der Waals surface area contributed by atoms with Crippen LogP contribution in [0.5, 0.6) is 0 Å². The molecule has 0 aliphatic carbocycles. The van der Waals surface area contributed by atoms with E-state index in [1.54, 1.807) is 0 Å². The average molecular weight is 343 g/mol. The van der Waals surface area contributed by atoms with Crippen molar-refractivity contribution in [3.05, 3.63) is 0 Å². The highest BCUT2D eigenvalue weighted by Crippen LogP contribution is 2.40. The summed E-state index contributed by atoms with van der Waals surface area (Å²) in [4.78, 5) is 12.5. The van der Waals surface area contributed by atoms with Crippen LogP contribution in [0.3, 0.4) is 0 Å². The molecule has 0 radical (unpaired) electrons. The third kappa shape index (κ3) is 8.93. The van der Waals surface area contributed by atoms with Crippen LogP contribution in [-0.4, -0.2) is 16.5 Å². The molecule has 0 aliphatic rings. The van der Waals surface area contributed by atoms with Crippen molar-refractivity contribution in [3.63, 3.8) is 0 Å². The van der Waals surface area contributed by atoms with Crippen molar-refractivity contribution >= 4 is 16.5 Å². The van der Waals surface area contributed by atoms with Crippen LogP contribution in [0.2, 0.25) is 0 Å². The van der Waals surface area contributed by atoms with Crippen LogP contribution in [0, 0.1) is 11.3 Å². The van der Waals surface area contributed by atoms with Gasteiger partial charge in [-0.2, -0.15) is 0 Å². The largest absolute Gasteiger partial charge is 0.528 e. The smallest absolute Gasteiger partial charge is 0.298 e. The van der Waals surface area contributed by atoms with Gasteiger partial charge in [0.05, 0.1) is 5.41 Å².